The number of nitrogens with zero attached hydrogens (tertiary/aromatic N) is 1. The third-order valence-corrected chi connectivity index (χ3v) is 4.56. The summed E-state index contributed by atoms with van der Waals surface area (Å²) in [5.74, 6) is 1.24. The van der Waals surface area contributed by atoms with Crippen molar-refractivity contribution in [3.8, 4) is 5.88 Å². The summed E-state index contributed by atoms with van der Waals surface area (Å²) >= 11 is 0. The summed E-state index contributed by atoms with van der Waals surface area (Å²) in [5, 5.41) is 6.60. The minimum Gasteiger partial charge on any atom is -0.481 e. The highest BCUT2D eigenvalue weighted by Crippen LogP contribution is 2.32. The molecule has 2 aliphatic heterocycles. The maximum Gasteiger partial charge on any atom is 0.220 e. The molecule has 0 aromatic carbocycles. The summed E-state index contributed by atoms with van der Waals surface area (Å²) in [6.45, 7) is 0.480. The van der Waals surface area contributed by atoms with Crippen LogP contribution < -0.4 is 15.4 Å². The molecule has 2 unspecified atom stereocenters. The molecule has 5 nitrogen and oxygen atoms in total. The van der Waals surface area contributed by atoms with Gasteiger partial charge in [-0.1, -0.05) is 6.07 Å². The van der Waals surface area contributed by atoms with E-state index in [-0.39, 0.29) is 5.91 Å². The molecule has 2 bridgehead atoms. The van der Waals surface area contributed by atoms with Crippen LogP contribution in [0.5, 0.6) is 5.88 Å². The average Bonchev–Trinajstić information content (AvgIpc) is 2.84. The number of rotatable bonds is 5. The van der Waals surface area contributed by atoms with Crippen LogP contribution in [0.4, 0.5) is 0 Å². The van der Waals surface area contributed by atoms with E-state index in [4.69, 9.17) is 4.74 Å². The molecule has 0 radical (unpaired) electrons. The van der Waals surface area contributed by atoms with E-state index in [9.17, 15) is 4.79 Å². The number of nitrogens with one attached hydrogen (secondary N) is 2. The summed E-state index contributed by atoms with van der Waals surface area (Å²) in [7, 11) is 1.60. The van der Waals surface area contributed by atoms with Crippen LogP contribution in [0.15, 0.2) is 18.3 Å². The van der Waals surface area contributed by atoms with Crippen molar-refractivity contribution < 1.29 is 9.53 Å². The van der Waals surface area contributed by atoms with E-state index in [0.717, 1.165) is 18.4 Å². The molecule has 5 heteroatoms. The molecule has 2 saturated heterocycles. The van der Waals surface area contributed by atoms with Crippen molar-refractivity contribution in [2.75, 3.05) is 7.11 Å². The Morgan fingerprint density at radius 1 is 1.43 bits per heavy atom. The van der Waals surface area contributed by atoms with Crippen LogP contribution in [0.25, 0.3) is 0 Å². The van der Waals surface area contributed by atoms with Crippen LogP contribution in [0.3, 0.4) is 0 Å². The topological polar surface area (TPSA) is 63.2 Å². The quantitative estimate of drug-likeness (QED) is 0.865. The number of fused-ring (bicyclic) bond motifs is 2. The Balaban J connectivity index is 1.48. The predicted octanol–water partition coefficient (Wildman–Crippen LogP) is 1.63. The first-order chi connectivity index (χ1) is 10.2. The second kappa shape index (κ2) is 6.43. The molecular formula is C16H23N3O2. The highest BCUT2D eigenvalue weighted by Gasteiger charge is 2.34. The lowest BCUT2D eigenvalue weighted by molar-refractivity contribution is -0.122. The zero-order valence-electron chi connectivity index (χ0n) is 12.5. The van der Waals surface area contributed by atoms with Gasteiger partial charge in [-0.2, -0.15) is 0 Å². The van der Waals surface area contributed by atoms with E-state index in [1.165, 1.54) is 12.8 Å². The van der Waals surface area contributed by atoms with E-state index in [1.807, 2.05) is 12.1 Å². The number of piperidine rings is 1. The molecule has 2 atom stereocenters. The number of hydrogen-bond donors (Lipinski definition) is 2. The van der Waals surface area contributed by atoms with Crippen LogP contribution in [0.1, 0.15) is 37.7 Å². The standard InChI is InChI=1S/C16H23N3O2/c1-21-16-12(3-2-6-17-16)10-18-15(20)9-11-7-13-4-5-14(8-11)19-13/h2-3,6,11,13-14,19H,4-5,7-10H2,1H3,(H,18,20). The molecule has 1 aromatic heterocycles. The second-order valence-corrected chi connectivity index (χ2v) is 6.13. The van der Waals surface area contributed by atoms with Gasteiger partial charge in [-0.15, -0.1) is 0 Å². The fraction of sp³-hybridized carbons (Fsp3) is 0.625. The first-order valence-electron chi connectivity index (χ1n) is 7.75. The van der Waals surface area contributed by atoms with Crippen molar-refractivity contribution in [2.24, 2.45) is 5.92 Å². The number of ether oxygens (including phenoxy) is 1. The molecule has 1 amide bonds. The van der Waals surface area contributed by atoms with Gasteiger partial charge in [-0.05, 0) is 37.7 Å². The Kier molecular flexibility index (Phi) is 4.39. The Morgan fingerprint density at radius 3 is 2.90 bits per heavy atom. The van der Waals surface area contributed by atoms with Crippen LogP contribution in [-0.2, 0) is 11.3 Å². The van der Waals surface area contributed by atoms with Crippen LogP contribution >= 0.6 is 0 Å². The fourth-order valence-corrected chi connectivity index (χ4v) is 3.61. The predicted molar refractivity (Wildman–Crippen MR) is 79.9 cm³/mol. The molecule has 2 aliphatic rings. The Morgan fingerprint density at radius 2 is 2.19 bits per heavy atom. The summed E-state index contributed by atoms with van der Waals surface area (Å²) in [4.78, 5) is 16.3. The zero-order chi connectivity index (χ0) is 14.7. The third-order valence-electron chi connectivity index (χ3n) is 4.56. The third kappa shape index (κ3) is 3.53. The number of carbonyl (C=O) groups is 1. The van der Waals surface area contributed by atoms with Gasteiger partial charge in [-0.3, -0.25) is 4.79 Å². The van der Waals surface area contributed by atoms with Crippen molar-refractivity contribution in [3.63, 3.8) is 0 Å². The number of amides is 1. The maximum absolute atomic E-state index is 12.1. The Bertz CT molecular complexity index is 494. The molecule has 3 rings (SSSR count). The van der Waals surface area contributed by atoms with Crippen molar-refractivity contribution in [2.45, 2.75) is 50.7 Å². The normalized spacial score (nSPS) is 27.4. The molecule has 3 heterocycles. The van der Waals surface area contributed by atoms with E-state index in [1.54, 1.807) is 13.3 Å². The van der Waals surface area contributed by atoms with E-state index < -0.39 is 0 Å². The molecule has 0 spiro atoms. The summed E-state index contributed by atoms with van der Waals surface area (Å²) in [6.07, 6.45) is 7.15. The Labute approximate surface area is 125 Å². The zero-order valence-corrected chi connectivity index (χ0v) is 12.5. The molecular weight excluding hydrogens is 266 g/mol. The number of carbonyl (C=O) groups excluding carboxylic acids is 1. The van der Waals surface area contributed by atoms with E-state index >= 15 is 0 Å². The highest BCUT2D eigenvalue weighted by atomic mass is 16.5. The summed E-state index contributed by atoms with van der Waals surface area (Å²) in [5.41, 5.74) is 0.915. The lowest BCUT2D eigenvalue weighted by atomic mass is 9.89. The molecule has 0 saturated carbocycles. The van der Waals surface area contributed by atoms with Gasteiger partial charge in [-0.25, -0.2) is 4.98 Å². The fourth-order valence-electron chi connectivity index (χ4n) is 3.61. The highest BCUT2D eigenvalue weighted by molar-refractivity contribution is 5.76. The minimum absolute atomic E-state index is 0.132. The number of aromatic nitrogens is 1. The second-order valence-electron chi connectivity index (χ2n) is 6.13. The van der Waals surface area contributed by atoms with Gasteiger partial charge in [0.15, 0.2) is 0 Å². The largest absolute Gasteiger partial charge is 0.481 e. The van der Waals surface area contributed by atoms with Crippen molar-refractivity contribution in [3.05, 3.63) is 23.9 Å². The monoisotopic (exact) mass is 289 g/mol. The van der Waals surface area contributed by atoms with Crippen molar-refractivity contribution in [1.82, 2.24) is 15.6 Å². The average molecular weight is 289 g/mol. The molecule has 2 N–H and O–H groups in total. The lowest BCUT2D eigenvalue weighted by Crippen LogP contribution is -2.39. The van der Waals surface area contributed by atoms with Gasteiger partial charge < -0.3 is 15.4 Å². The molecule has 1 aromatic rings. The Hall–Kier alpha value is -1.62. The first kappa shape index (κ1) is 14.3. The van der Waals surface area contributed by atoms with Crippen LogP contribution in [0.2, 0.25) is 0 Å². The summed E-state index contributed by atoms with van der Waals surface area (Å²) in [6, 6.07) is 5.06. The van der Waals surface area contributed by atoms with E-state index in [2.05, 4.69) is 15.6 Å². The van der Waals surface area contributed by atoms with Gasteiger partial charge in [0, 0.05) is 36.8 Å². The number of hydrogen-bond acceptors (Lipinski definition) is 4. The van der Waals surface area contributed by atoms with Gasteiger partial charge in [0.25, 0.3) is 0 Å². The van der Waals surface area contributed by atoms with Crippen molar-refractivity contribution >= 4 is 5.91 Å². The first-order valence-corrected chi connectivity index (χ1v) is 7.75. The molecule has 114 valence electrons. The molecule has 21 heavy (non-hydrogen) atoms. The maximum atomic E-state index is 12.1. The van der Waals surface area contributed by atoms with Gasteiger partial charge >= 0.3 is 0 Å². The number of methoxy groups -OCH3 is 1. The summed E-state index contributed by atoms with van der Waals surface area (Å²) < 4.78 is 5.19. The van der Waals surface area contributed by atoms with Crippen LogP contribution in [-0.4, -0.2) is 30.1 Å². The van der Waals surface area contributed by atoms with Gasteiger partial charge in [0.05, 0.1) is 7.11 Å². The number of pyridine rings is 1. The molecule has 0 aliphatic carbocycles. The minimum atomic E-state index is 0.132. The lowest BCUT2D eigenvalue weighted by Gasteiger charge is -2.28. The SMILES string of the molecule is COc1ncccc1CNC(=O)CC1CC2CCC(C1)N2. The smallest absolute Gasteiger partial charge is 0.220 e. The van der Waals surface area contributed by atoms with Crippen molar-refractivity contribution in [1.29, 1.82) is 0 Å². The van der Waals surface area contributed by atoms with Crippen LogP contribution in [0, 0.1) is 5.92 Å². The van der Waals surface area contributed by atoms with E-state index in [0.29, 0.717) is 36.8 Å². The molecule has 2 fully saturated rings. The van der Waals surface area contributed by atoms with Gasteiger partial charge in [0.1, 0.15) is 0 Å². The van der Waals surface area contributed by atoms with Gasteiger partial charge in [0.2, 0.25) is 11.8 Å².